The van der Waals surface area contributed by atoms with E-state index in [-0.39, 0.29) is 46.9 Å². The van der Waals surface area contributed by atoms with Crippen LogP contribution >= 0.6 is 11.6 Å². The van der Waals surface area contributed by atoms with Crippen LogP contribution in [0.3, 0.4) is 0 Å². The van der Waals surface area contributed by atoms with Gasteiger partial charge in [-0.25, -0.2) is 4.39 Å². The van der Waals surface area contributed by atoms with E-state index in [1.165, 1.54) is 6.07 Å². The Morgan fingerprint density at radius 3 is 2.59 bits per heavy atom. The highest BCUT2D eigenvalue weighted by Gasteiger charge is 2.36. The molecule has 3 rings (SSSR count). The maximum absolute atomic E-state index is 13.7. The van der Waals surface area contributed by atoms with Crippen LogP contribution in [0.25, 0.3) is 0 Å². The van der Waals surface area contributed by atoms with Crippen molar-refractivity contribution < 1.29 is 28.8 Å². The number of phenols is 1. The van der Waals surface area contributed by atoms with Crippen molar-refractivity contribution in [2.24, 2.45) is 0 Å². The largest absolute Gasteiger partial charge is 0.506 e. The highest BCUT2D eigenvalue weighted by atomic mass is 35.5. The lowest BCUT2D eigenvalue weighted by molar-refractivity contribution is -0.384. The van der Waals surface area contributed by atoms with Gasteiger partial charge in [0, 0.05) is 31.2 Å². The van der Waals surface area contributed by atoms with Gasteiger partial charge in [0.05, 0.1) is 26.8 Å². The van der Waals surface area contributed by atoms with Gasteiger partial charge in [-0.05, 0) is 18.6 Å². The summed E-state index contributed by atoms with van der Waals surface area (Å²) in [5, 5.41) is 22.3. The summed E-state index contributed by atoms with van der Waals surface area (Å²) in [6.45, 7) is -0.0909. The van der Waals surface area contributed by atoms with E-state index in [0.29, 0.717) is 0 Å². The molecular formula is C18H13ClFN3O6. The number of amides is 3. The maximum atomic E-state index is 13.7. The van der Waals surface area contributed by atoms with Crippen molar-refractivity contribution in [2.45, 2.75) is 12.8 Å². The number of nitrogens with zero attached hydrogens (tertiary/aromatic N) is 2. The van der Waals surface area contributed by atoms with Gasteiger partial charge in [0.2, 0.25) is 5.91 Å². The maximum Gasteiger partial charge on any atom is 0.270 e. The number of non-ortho nitro benzene ring substituents is 1. The van der Waals surface area contributed by atoms with Crippen molar-refractivity contribution in [1.82, 2.24) is 4.90 Å². The summed E-state index contributed by atoms with van der Waals surface area (Å²) < 4.78 is 13.7. The fourth-order valence-electron chi connectivity index (χ4n) is 2.84. The van der Waals surface area contributed by atoms with Crippen LogP contribution in [-0.4, -0.2) is 39.2 Å². The smallest absolute Gasteiger partial charge is 0.270 e. The molecule has 2 aromatic rings. The van der Waals surface area contributed by atoms with E-state index in [0.717, 1.165) is 29.2 Å². The number of anilines is 1. The number of rotatable bonds is 6. The minimum atomic E-state index is -0.873. The van der Waals surface area contributed by atoms with Crippen LogP contribution in [0, 0.1) is 15.9 Å². The number of benzene rings is 2. The number of hydrogen-bond donors (Lipinski definition) is 2. The number of nitrogens with one attached hydrogen (secondary N) is 1. The van der Waals surface area contributed by atoms with E-state index >= 15 is 0 Å². The highest BCUT2D eigenvalue weighted by Crippen LogP contribution is 2.29. The van der Waals surface area contributed by atoms with E-state index in [4.69, 9.17) is 11.6 Å². The average Bonchev–Trinajstić information content (AvgIpc) is 2.90. The van der Waals surface area contributed by atoms with Crippen LogP contribution in [0.5, 0.6) is 5.75 Å². The second-order valence-corrected chi connectivity index (χ2v) is 6.59. The monoisotopic (exact) mass is 421 g/mol. The molecule has 1 aliphatic rings. The number of carbonyl (C=O) groups excluding carboxylic acids is 3. The third-order valence-corrected chi connectivity index (χ3v) is 4.56. The van der Waals surface area contributed by atoms with Crippen LogP contribution in [0.1, 0.15) is 33.6 Å². The van der Waals surface area contributed by atoms with Crippen LogP contribution in [0.15, 0.2) is 30.3 Å². The minimum absolute atomic E-state index is 0.0607. The van der Waals surface area contributed by atoms with Crippen molar-refractivity contribution in [3.05, 3.63) is 62.4 Å². The zero-order valence-electron chi connectivity index (χ0n) is 14.6. The molecule has 0 unspecified atom stereocenters. The molecule has 0 radical (unpaired) electrons. The molecule has 11 heteroatoms. The number of carbonyl (C=O) groups is 3. The lowest BCUT2D eigenvalue weighted by Gasteiger charge is -2.13. The van der Waals surface area contributed by atoms with E-state index in [9.17, 15) is 34.0 Å². The number of nitro groups is 1. The number of phenolic OH excluding ortho intramolecular Hbond substituents is 1. The summed E-state index contributed by atoms with van der Waals surface area (Å²) in [5.41, 5.74) is -0.521. The molecule has 3 amide bonds. The number of imide groups is 1. The molecule has 2 N–H and O–H groups in total. The number of hydrogen-bond acceptors (Lipinski definition) is 6. The summed E-state index contributed by atoms with van der Waals surface area (Å²) in [7, 11) is 0. The van der Waals surface area contributed by atoms with E-state index in [2.05, 4.69) is 5.32 Å². The summed E-state index contributed by atoms with van der Waals surface area (Å²) >= 11 is 5.67. The van der Waals surface area contributed by atoms with Crippen LogP contribution < -0.4 is 5.32 Å². The summed E-state index contributed by atoms with van der Waals surface area (Å²) in [5.74, 6) is -3.20. The van der Waals surface area contributed by atoms with Gasteiger partial charge in [-0.3, -0.25) is 29.4 Å². The van der Waals surface area contributed by atoms with Gasteiger partial charge in [0.1, 0.15) is 11.6 Å². The Balaban J connectivity index is 1.60. The summed E-state index contributed by atoms with van der Waals surface area (Å²) in [6.07, 6.45) is -0.0433. The van der Waals surface area contributed by atoms with Gasteiger partial charge in [0.25, 0.3) is 17.5 Å². The Hall–Kier alpha value is -3.53. The van der Waals surface area contributed by atoms with Gasteiger partial charge in [-0.15, -0.1) is 0 Å². The zero-order chi connectivity index (χ0) is 21.3. The average molecular weight is 422 g/mol. The molecule has 0 bridgehead atoms. The molecule has 0 saturated heterocycles. The third-order valence-electron chi connectivity index (χ3n) is 4.26. The molecule has 1 heterocycles. The SMILES string of the molecule is O=C(CCCN1C(=O)c2ccc([N+](=O)[O-])cc2C1=O)Nc1cc(Cl)c(O)cc1F. The number of aromatic hydroxyl groups is 1. The molecule has 0 aromatic heterocycles. The molecule has 1 aliphatic heterocycles. The molecule has 150 valence electrons. The summed E-state index contributed by atoms with van der Waals surface area (Å²) in [4.78, 5) is 47.7. The minimum Gasteiger partial charge on any atom is -0.506 e. The highest BCUT2D eigenvalue weighted by molar-refractivity contribution is 6.32. The molecule has 0 spiro atoms. The third kappa shape index (κ3) is 4.02. The summed E-state index contributed by atoms with van der Waals surface area (Å²) in [6, 6.07) is 5.22. The lowest BCUT2D eigenvalue weighted by atomic mass is 10.1. The van der Waals surface area contributed by atoms with Crippen LogP contribution in [0.2, 0.25) is 5.02 Å². The van der Waals surface area contributed by atoms with Gasteiger partial charge in [-0.2, -0.15) is 0 Å². The molecule has 9 nitrogen and oxygen atoms in total. The van der Waals surface area contributed by atoms with Crippen molar-refractivity contribution in [3.63, 3.8) is 0 Å². The van der Waals surface area contributed by atoms with Crippen molar-refractivity contribution in [3.8, 4) is 5.75 Å². The molecular weight excluding hydrogens is 409 g/mol. The topological polar surface area (TPSA) is 130 Å². The Bertz CT molecular complexity index is 1060. The fourth-order valence-corrected chi connectivity index (χ4v) is 3.00. The van der Waals surface area contributed by atoms with E-state index in [1.54, 1.807) is 0 Å². The Morgan fingerprint density at radius 2 is 1.90 bits per heavy atom. The zero-order valence-corrected chi connectivity index (χ0v) is 15.4. The Kier molecular flexibility index (Phi) is 5.46. The van der Waals surface area contributed by atoms with Gasteiger partial charge >= 0.3 is 0 Å². The number of nitro benzene ring substituents is 1. The van der Waals surface area contributed by atoms with E-state index in [1.807, 2.05) is 0 Å². The first-order chi connectivity index (χ1) is 13.7. The molecule has 0 saturated carbocycles. The molecule has 2 aromatic carbocycles. The normalized spacial score (nSPS) is 12.8. The first-order valence-corrected chi connectivity index (χ1v) is 8.69. The Labute approximate surface area is 167 Å². The first-order valence-electron chi connectivity index (χ1n) is 8.31. The van der Waals surface area contributed by atoms with Gasteiger partial charge in [-0.1, -0.05) is 11.6 Å². The van der Waals surface area contributed by atoms with E-state index < -0.39 is 34.2 Å². The fraction of sp³-hybridized carbons (Fsp3) is 0.167. The molecule has 29 heavy (non-hydrogen) atoms. The quantitative estimate of drug-likeness (QED) is 0.319. The molecule has 0 fully saturated rings. The van der Waals surface area contributed by atoms with Gasteiger partial charge in [0.15, 0.2) is 0 Å². The van der Waals surface area contributed by atoms with Crippen molar-refractivity contribution >= 4 is 40.7 Å². The predicted octanol–water partition coefficient (Wildman–Crippen LogP) is 3.11. The van der Waals surface area contributed by atoms with Crippen molar-refractivity contribution in [2.75, 3.05) is 11.9 Å². The predicted molar refractivity (Wildman–Crippen MR) is 99.4 cm³/mol. The molecule has 0 atom stereocenters. The van der Waals surface area contributed by atoms with Crippen molar-refractivity contribution in [1.29, 1.82) is 0 Å². The van der Waals surface area contributed by atoms with Crippen LogP contribution in [-0.2, 0) is 4.79 Å². The second-order valence-electron chi connectivity index (χ2n) is 6.18. The van der Waals surface area contributed by atoms with Crippen LogP contribution in [0.4, 0.5) is 15.8 Å². The number of halogens is 2. The number of fused-ring (bicyclic) bond motifs is 1. The first kappa shape index (κ1) is 20.2. The molecule has 0 aliphatic carbocycles. The Morgan fingerprint density at radius 1 is 1.21 bits per heavy atom. The standard InChI is InChI=1S/C18H13ClFN3O6/c19-12-7-14(13(20)8-15(12)24)21-16(25)2-1-5-22-17(26)10-4-3-9(23(28)29)6-11(10)18(22)27/h3-4,6-8,24H,1-2,5H2,(H,21,25). The lowest BCUT2D eigenvalue weighted by Crippen LogP contribution is -2.31. The second kappa shape index (κ2) is 7.84. The van der Waals surface area contributed by atoms with Gasteiger partial charge < -0.3 is 10.4 Å².